The molecule has 1 aromatic heterocycles. The Morgan fingerprint density at radius 2 is 2.12 bits per heavy atom. The zero-order valence-electron chi connectivity index (χ0n) is 10.2. The van der Waals surface area contributed by atoms with E-state index in [2.05, 4.69) is 27.5 Å². The van der Waals surface area contributed by atoms with Gasteiger partial charge >= 0.3 is 0 Å². The number of nitrogens with one attached hydrogen (secondary N) is 2. The van der Waals surface area contributed by atoms with Crippen LogP contribution in [0.2, 0.25) is 0 Å². The number of anilines is 2. The minimum atomic E-state index is -0.169. The van der Waals surface area contributed by atoms with Gasteiger partial charge in [-0.1, -0.05) is 6.92 Å². The van der Waals surface area contributed by atoms with E-state index >= 15 is 0 Å². The molecule has 1 saturated carbocycles. The highest BCUT2D eigenvalue weighted by atomic mass is 16.3. The summed E-state index contributed by atoms with van der Waals surface area (Å²) in [5.74, 6) is 1.52. The van der Waals surface area contributed by atoms with Crippen LogP contribution >= 0.6 is 0 Å². The molecule has 1 heterocycles. The van der Waals surface area contributed by atoms with Gasteiger partial charge in [-0.25, -0.2) is 4.98 Å². The second-order valence-electron chi connectivity index (χ2n) is 4.63. The van der Waals surface area contributed by atoms with Crippen LogP contribution in [0.25, 0.3) is 0 Å². The van der Waals surface area contributed by atoms with Crippen LogP contribution in [0, 0.1) is 0 Å². The average molecular weight is 236 g/mol. The van der Waals surface area contributed by atoms with Crippen molar-refractivity contribution in [3.8, 4) is 0 Å². The van der Waals surface area contributed by atoms with Crippen LogP contribution < -0.4 is 10.6 Å². The second kappa shape index (κ2) is 5.31. The number of aliphatic hydroxyl groups excluding tert-OH is 1. The molecule has 1 aromatic rings. The molecule has 3 N–H and O–H groups in total. The third-order valence-electron chi connectivity index (χ3n) is 3.20. The van der Waals surface area contributed by atoms with Crippen LogP contribution in [-0.4, -0.2) is 33.8 Å². The van der Waals surface area contributed by atoms with Crippen molar-refractivity contribution >= 4 is 11.6 Å². The summed E-state index contributed by atoms with van der Waals surface area (Å²) in [6, 6.07) is 0. The largest absolute Gasteiger partial charge is 0.394 e. The van der Waals surface area contributed by atoms with Crippen molar-refractivity contribution in [2.45, 2.75) is 38.1 Å². The molecule has 5 nitrogen and oxygen atoms in total. The van der Waals surface area contributed by atoms with E-state index < -0.39 is 0 Å². The van der Waals surface area contributed by atoms with Gasteiger partial charge in [-0.15, -0.1) is 0 Å². The quantitative estimate of drug-likeness (QED) is 0.700. The number of rotatable bonds is 6. The zero-order chi connectivity index (χ0) is 12.1. The zero-order valence-corrected chi connectivity index (χ0v) is 10.2. The first-order chi connectivity index (χ1) is 8.28. The fourth-order valence-electron chi connectivity index (χ4n) is 1.96. The molecule has 0 spiro atoms. The molecule has 2 rings (SSSR count). The van der Waals surface area contributed by atoms with Crippen LogP contribution in [-0.2, 0) is 0 Å². The van der Waals surface area contributed by atoms with Crippen molar-refractivity contribution in [1.82, 2.24) is 9.97 Å². The van der Waals surface area contributed by atoms with Crippen LogP contribution in [0.1, 0.15) is 32.6 Å². The third kappa shape index (κ3) is 2.85. The molecule has 0 unspecified atom stereocenters. The molecule has 1 aliphatic carbocycles. The van der Waals surface area contributed by atoms with E-state index in [1.54, 1.807) is 12.4 Å². The van der Waals surface area contributed by atoms with Crippen LogP contribution in [0.5, 0.6) is 0 Å². The molecule has 0 aromatic carbocycles. The molecule has 1 aliphatic rings. The average Bonchev–Trinajstić information content (AvgIpc) is 2.32. The van der Waals surface area contributed by atoms with Crippen LogP contribution in [0.3, 0.4) is 0 Å². The Morgan fingerprint density at radius 3 is 2.71 bits per heavy atom. The monoisotopic (exact) mass is 236 g/mol. The highest BCUT2D eigenvalue weighted by Gasteiger charge is 2.36. The number of aromatic nitrogens is 2. The number of aliphatic hydroxyl groups is 1. The summed E-state index contributed by atoms with van der Waals surface area (Å²) in [4.78, 5) is 8.57. The molecule has 0 bridgehead atoms. The summed E-state index contributed by atoms with van der Waals surface area (Å²) in [5, 5.41) is 15.9. The Hall–Kier alpha value is -1.36. The van der Waals surface area contributed by atoms with Gasteiger partial charge in [-0.2, -0.15) is 0 Å². The lowest BCUT2D eigenvalue weighted by molar-refractivity contribution is 0.144. The summed E-state index contributed by atoms with van der Waals surface area (Å²) >= 11 is 0. The predicted molar refractivity (Wildman–Crippen MR) is 68.1 cm³/mol. The molecular weight excluding hydrogens is 216 g/mol. The molecular formula is C12H20N4O. The molecule has 0 saturated heterocycles. The Bertz CT molecular complexity index is 360. The first-order valence-corrected chi connectivity index (χ1v) is 6.23. The number of nitrogens with zero attached hydrogens (tertiary/aromatic N) is 2. The van der Waals surface area contributed by atoms with Gasteiger partial charge in [0, 0.05) is 6.54 Å². The Labute approximate surface area is 102 Å². The summed E-state index contributed by atoms with van der Waals surface area (Å²) in [7, 11) is 0. The van der Waals surface area contributed by atoms with Crippen LogP contribution in [0.4, 0.5) is 11.6 Å². The highest BCUT2D eigenvalue weighted by molar-refractivity contribution is 5.44. The topological polar surface area (TPSA) is 70.1 Å². The summed E-state index contributed by atoms with van der Waals surface area (Å²) < 4.78 is 0. The van der Waals surface area contributed by atoms with Gasteiger partial charge < -0.3 is 15.7 Å². The van der Waals surface area contributed by atoms with Crippen molar-refractivity contribution < 1.29 is 5.11 Å². The number of hydrogen-bond acceptors (Lipinski definition) is 5. The second-order valence-corrected chi connectivity index (χ2v) is 4.63. The minimum Gasteiger partial charge on any atom is -0.394 e. The van der Waals surface area contributed by atoms with Gasteiger partial charge in [-0.3, -0.25) is 4.98 Å². The van der Waals surface area contributed by atoms with E-state index in [0.717, 1.165) is 43.9 Å². The van der Waals surface area contributed by atoms with Gasteiger partial charge in [0.1, 0.15) is 11.6 Å². The van der Waals surface area contributed by atoms with E-state index in [-0.39, 0.29) is 12.1 Å². The summed E-state index contributed by atoms with van der Waals surface area (Å²) in [5.41, 5.74) is -0.169. The van der Waals surface area contributed by atoms with Gasteiger partial charge in [0.05, 0.1) is 24.5 Å². The van der Waals surface area contributed by atoms with Gasteiger partial charge in [0.15, 0.2) is 0 Å². The van der Waals surface area contributed by atoms with E-state index in [1.807, 2.05) is 0 Å². The van der Waals surface area contributed by atoms with Crippen molar-refractivity contribution in [3.63, 3.8) is 0 Å². The molecule has 1 fully saturated rings. The molecule has 17 heavy (non-hydrogen) atoms. The van der Waals surface area contributed by atoms with Gasteiger partial charge in [-0.05, 0) is 25.7 Å². The lowest BCUT2D eigenvalue weighted by Gasteiger charge is -2.41. The molecule has 0 radical (unpaired) electrons. The fraction of sp³-hybridized carbons (Fsp3) is 0.667. The Balaban J connectivity index is 2.00. The maximum atomic E-state index is 9.38. The van der Waals surface area contributed by atoms with Crippen molar-refractivity contribution in [1.29, 1.82) is 0 Å². The van der Waals surface area contributed by atoms with Crippen molar-refractivity contribution in [3.05, 3.63) is 12.4 Å². The maximum absolute atomic E-state index is 9.38. The van der Waals surface area contributed by atoms with Gasteiger partial charge in [0.25, 0.3) is 0 Å². The lowest BCUT2D eigenvalue weighted by atomic mass is 9.77. The van der Waals surface area contributed by atoms with E-state index in [4.69, 9.17) is 0 Å². The van der Waals surface area contributed by atoms with Crippen molar-refractivity contribution in [2.75, 3.05) is 23.8 Å². The standard InChI is InChI=1S/C12H20N4O/c1-2-6-14-10-7-13-8-11(15-10)16-12(9-17)4-3-5-12/h7-8,17H,2-6,9H2,1H3,(H2,14,15,16). The Kier molecular flexibility index (Phi) is 3.78. The maximum Gasteiger partial charge on any atom is 0.147 e. The van der Waals surface area contributed by atoms with E-state index in [9.17, 15) is 5.11 Å². The Morgan fingerprint density at radius 1 is 1.35 bits per heavy atom. The SMILES string of the molecule is CCCNc1cncc(NC2(CO)CCC2)n1. The molecule has 0 amide bonds. The summed E-state index contributed by atoms with van der Waals surface area (Å²) in [6.07, 6.45) is 7.63. The smallest absolute Gasteiger partial charge is 0.147 e. The molecule has 0 aliphatic heterocycles. The summed E-state index contributed by atoms with van der Waals surface area (Å²) in [6.45, 7) is 3.15. The van der Waals surface area contributed by atoms with E-state index in [1.165, 1.54) is 0 Å². The van der Waals surface area contributed by atoms with Crippen molar-refractivity contribution in [2.24, 2.45) is 0 Å². The minimum absolute atomic E-state index is 0.154. The number of hydrogen-bond donors (Lipinski definition) is 3. The van der Waals surface area contributed by atoms with Gasteiger partial charge in [0.2, 0.25) is 0 Å². The normalized spacial score (nSPS) is 17.3. The van der Waals surface area contributed by atoms with Crippen LogP contribution in [0.15, 0.2) is 12.4 Å². The fourth-order valence-corrected chi connectivity index (χ4v) is 1.96. The third-order valence-corrected chi connectivity index (χ3v) is 3.20. The lowest BCUT2D eigenvalue weighted by Crippen LogP contribution is -2.48. The first kappa shape index (κ1) is 12.1. The molecule has 5 heteroatoms. The predicted octanol–water partition coefficient (Wildman–Crippen LogP) is 1.63. The molecule has 94 valence electrons. The highest BCUT2D eigenvalue weighted by Crippen LogP contribution is 2.34. The first-order valence-electron chi connectivity index (χ1n) is 6.23. The van der Waals surface area contributed by atoms with E-state index in [0.29, 0.717) is 0 Å². The molecule has 0 atom stereocenters.